The van der Waals surface area contributed by atoms with Gasteiger partial charge in [0.2, 0.25) is 0 Å². The van der Waals surface area contributed by atoms with Crippen LogP contribution < -0.4 is 4.90 Å². The van der Waals surface area contributed by atoms with Gasteiger partial charge >= 0.3 is 5.97 Å². The zero-order chi connectivity index (χ0) is 14.6. The maximum Gasteiger partial charge on any atom is 0.305 e. The Kier molecular flexibility index (Phi) is 4.23. The van der Waals surface area contributed by atoms with E-state index in [1.54, 1.807) is 12.3 Å². The average molecular weight is 273 g/mol. The Bertz CT molecular complexity index is 530. The third kappa shape index (κ3) is 2.90. The van der Waals surface area contributed by atoms with Crippen LogP contribution in [-0.2, 0) is 4.79 Å². The number of carbonyl (C=O) groups is 1. The summed E-state index contributed by atoms with van der Waals surface area (Å²) >= 11 is 0. The van der Waals surface area contributed by atoms with E-state index < -0.39 is 5.97 Å². The first-order chi connectivity index (χ1) is 9.57. The molecule has 1 saturated carbocycles. The number of hydrogen-bond donors (Lipinski definition) is 1. The van der Waals surface area contributed by atoms with Gasteiger partial charge in [0.25, 0.3) is 0 Å². The van der Waals surface area contributed by atoms with Crippen LogP contribution in [0.3, 0.4) is 0 Å². The molecule has 0 saturated heterocycles. The number of rotatable bonds is 4. The predicted molar refractivity (Wildman–Crippen MR) is 75.4 cm³/mol. The Morgan fingerprint density at radius 1 is 1.50 bits per heavy atom. The lowest BCUT2D eigenvalue weighted by Crippen LogP contribution is -2.49. The molecule has 1 heterocycles. The molecule has 106 valence electrons. The summed E-state index contributed by atoms with van der Waals surface area (Å²) in [6.07, 6.45) is 6.74. The normalized spacial score (nSPS) is 17.2. The van der Waals surface area contributed by atoms with Crippen molar-refractivity contribution in [2.45, 2.75) is 44.1 Å². The molecule has 1 N–H and O–H groups in total. The van der Waals surface area contributed by atoms with E-state index in [2.05, 4.69) is 4.98 Å². The molecule has 0 unspecified atom stereocenters. The number of nitrogens with zero attached hydrogens (tertiary/aromatic N) is 3. The van der Waals surface area contributed by atoms with Gasteiger partial charge in [0.1, 0.15) is 11.8 Å². The number of carboxylic acids is 1. The topological polar surface area (TPSA) is 77.2 Å². The number of pyridine rings is 1. The van der Waals surface area contributed by atoms with E-state index in [1.165, 1.54) is 0 Å². The van der Waals surface area contributed by atoms with Crippen LogP contribution in [0.15, 0.2) is 18.3 Å². The second kappa shape index (κ2) is 5.91. The van der Waals surface area contributed by atoms with Crippen molar-refractivity contribution in [2.75, 3.05) is 11.9 Å². The second-order valence-corrected chi connectivity index (χ2v) is 5.43. The first kappa shape index (κ1) is 14.3. The first-order valence-electron chi connectivity index (χ1n) is 6.89. The van der Waals surface area contributed by atoms with E-state index in [0.717, 1.165) is 37.8 Å². The summed E-state index contributed by atoms with van der Waals surface area (Å²) in [5.41, 5.74) is 0.869. The maximum absolute atomic E-state index is 11.2. The lowest BCUT2D eigenvalue weighted by Gasteiger charge is -2.45. The van der Waals surface area contributed by atoms with Crippen molar-refractivity contribution in [2.24, 2.45) is 0 Å². The molecular formula is C15H19N3O2. The molecule has 20 heavy (non-hydrogen) atoms. The standard InChI is InChI=1S/C15H19N3O2/c1-18(13-5-8-17-12(9-13)11-16)15(10-14(19)20)6-3-2-4-7-15/h5,8-9H,2-4,6-7,10H2,1H3,(H,19,20). The Balaban J connectivity index is 2.32. The van der Waals surface area contributed by atoms with Gasteiger partial charge in [-0.1, -0.05) is 19.3 Å². The van der Waals surface area contributed by atoms with Crippen LogP contribution in [0.25, 0.3) is 0 Å². The minimum absolute atomic E-state index is 0.133. The fourth-order valence-electron chi connectivity index (χ4n) is 3.09. The van der Waals surface area contributed by atoms with E-state index >= 15 is 0 Å². The lowest BCUT2D eigenvalue weighted by atomic mass is 9.78. The van der Waals surface area contributed by atoms with Crippen LogP contribution >= 0.6 is 0 Å². The summed E-state index contributed by atoms with van der Waals surface area (Å²) in [6, 6.07) is 5.58. The molecule has 0 atom stereocenters. The zero-order valence-corrected chi connectivity index (χ0v) is 11.7. The van der Waals surface area contributed by atoms with E-state index in [1.807, 2.05) is 24.1 Å². The fraction of sp³-hybridized carbons (Fsp3) is 0.533. The molecule has 5 nitrogen and oxygen atoms in total. The lowest BCUT2D eigenvalue weighted by molar-refractivity contribution is -0.138. The van der Waals surface area contributed by atoms with Crippen LogP contribution in [-0.4, -0.2) is 28.6 Å². The maximum atomic E-state index is 11.2. The molecule has 0 aromatic carbocycles. The summed E-state index contributed by atoms with van der Waals surface area (Å²) < 4.78 is 0. The summed E-state index contributed by atoms with van der Waals surface area (Å²) in [4.78, 5) is 17.2. The van der Waals surface area contributed by atoms with E-state index in [4.69, 9.17) is 5.26 Å². The van der Waals surface area contributed by atoms with Gasteiger partial charge in [-0.05, 0) is 25.0 Å². The molecule has 5 heteroatoms. The monoisotopic (exact) mass is 273 g/mol. The molecule has 2 rings (SSSR count). The molecule has 1 aliphatic carbocycles. The number of aliphatic carboxylic acids is 1. The fourth-order valence-corrected chi connectivity index (χ4v) is 3.09. The van der Waals surface area contributed by atoms with Crippen LogP contribution in [0, 0.1) is 11.3 Å². The Morgan fingerprint density at radius 3 is 2.80 bits per heavy atom. The van der Waals surface area contributed by atoms with Crippen LogP contribution in [0.5, 0.6) is 0 Å². The van der Waals surface area contributed by atoms with Crippen molar-refractivity contribution in [3.05, 3.63) is 24.0 Å². The third-order valence-corrected chi connectivity index (χ3v) is 4.22. The molecular weight excluding hydrogens is 254 g/mol. The van der Waals surface area contributed by atoms with Crippen LogP contribution in [0.1, 0.15) is 44.2 Å². The van der Waals surface area contributed by atoms with Gasteiger partial charge in [-0.2, -0.15) is 5.26 Å². The number of aromatic nitrogens is 1. The van der Waals surface area contributed by atoms with Crippen molar-refractivity contribution in [1.82, 2.24) is 4.98 Å². The van der Waals surface area contributed by atoms with Crippen molar-refractivity contribution in [3.63, 3.8) is 0 Å². The second-order valence-electron chi connectivity index (χ2n) is 5.43. The number of nitriles is 1. The van der Waals surface area contributed by atoms with Gasteiger partial charge in [-0.25, -0.2) is 4.98 Å². The van der Waals surface area contributed by atoms with Crippen LogP contribution in [0.4, 0.5) is 5.69 Å². The number of carboxylic acid groups (broad SMARTS) is 1. The minimum atomic E-state index is -0.770. The van der Waals surface area contributed by atoms with Crippen molar-refractivity contribution >= 4 is 11.7 Å². The molecule has 0 aliphatic heterocycles. The quantitative estimate of drug-likeness (QED) is 0.912. The van der Waals surface area contributed by atoms with Crippen LogP contribution in [0.2, 0.25) is 0 Å². The first-order valence-corrected chi connectivity index (χ1v) is 6.89. The minimum Gasteiger partial charge on any atom is -0.481 e. The van der Waals surface area contributed by atoms with Gasteiger partial charge in [-0.3, -0.25) is 4.79 Å². The highest BCUT2D eigenvalue weighted by molar-refractivity contribution is 5.70. The summed E-state index contributed by atoms with van der Waals surface area (Å²) in [5, 5.41) is 18.2. The largest absolute Gasteiger partial charge is 0.481 e. The predicted octanol–water partition coefficient (Wildman–Crippen LogP) is 2.57. The van der Waals surface area contributed by atoms with Gasteiger partial charge < -0.3 is 10.0 Å². The van der Waals surface area contributed by atoms with Crippen molar-refractivity contribution in [3.8, 4) is 6.07 Å². The molecule has 0 bridgehead atoms. The highest BCUT2D eigenvalue weighted by atomic mass is 16.4. The highest BCUT2D eigenvalue weighted by Crippen LogP contribution is 2.38. The Labute approximate surface area is 118 Å². The molecule has 1 aromatic rings. The Morgan fingerprint density at radius 2 is 2.20 bits per heavy atom. The van der Waals surface area contributed by atoms with E-state index in [0.29, 0.717) is 5.69 Å². The van der Waals surface area contributed by atoms with E-state index in [9.17, 15) is 9.90 Å². The molecule has 0 spiro atoms. The third-order valence-electron chi connectivity index (χ3n) is 4.22. The zero-order valence-electron chi connectivity index (χ0n) is 11.7. The number of hydrogen-bond acceptors (Lipinski definition) is 4. The van der Waals surface area contributed by atoms with Gasteiger partial charge in [0.05, 0.1) is 12.0 Å². The van der Waals surface area contributed by atoms with Crippen molar-refractivity contribution in [1.29, 1.82) is 5.26 Å². The molecule has 1 fully saturated rings. The average Bonchev–Trinajstić information content (AvgIpc) is 2.46. The molecule has 0 radical (unpaired) electrons. The summed E-state index contributed by atoms with van der Waals surface area (Å²) in [7, 11) is 1.92. The summed E-state index contributed by atoms with van der Waals surface area (Å²) in [6.45, 7) is 0. The SMILES string of the molecule is CN(c1ccnc(C#N)c1)C1(CC(=O)O)CCCCC1. The highest BCUT2D eigenvalue weighted by Gasteiger charge is 2.38. The van der Waals surface area contributed by atoms with Gasteiger partial charge in [0.15, 0.2) is 0 Å². The van der Waals surface area contributed by atoms with Gasteiger partial charge in [-0.15, -0.1) is 0 Å². The van der Waals surface area contributed by atoms with Gasteiger partial charge in [0, 0.05) is 18.9 Å². The smallest absolute Gasteiger partial charge is 0.305 e. The Hall–Kier alpha value is -2.09. The number of anilines is 1. The molecule has 0 amide bonds. The molecule has 1 aliphatic rings. The van der Waals surface area contributed by atoms with E-state index in [-0.39, 0.29) is 12.0 Å². The molecule has 1 aromatic heterocycles. The van der Waals surface area contributed by atoms with Crippen molar-refractivity contribution < 1.29 is 9.90 Å². The summed E-state index contributed by atoms with van der Waals surface area (Å²) in [5.74, 6) is -0.770.